The third kappa shape index (κ3) is 3.35. The third-order valence-corrected chi connectivity index (χ3v) is 3.37. The van der Waals surface area contributed by atoms with Crippen molar-refractivity contribution >= 4 is 17.3 Å². The molecule has 0 saturated carbocycles. The van der Waals surface area contributed by atoms with Gasteiger partial charge in [-0.15, -0.1) is 0 Å². The van der Waals surface area contributed by atoms with Crippen LogP contribution in [0.25, 0.3) is 0 Å². The second kappa shape index (κ2) is 6.82. The van der Waals surface area contributed by atoms with Crippen molar-refractivity contribution in [3.05, 3.63) is 54.5 Å². The summed E-state index contributed by atoms with van der Waals surface area (Å²) in [6, 6.07) is 10.9. The van der Waals surface area contributed by atoms with E-state index < -0.39 is 0 Å². The van der Waals surface area contributed by atoms with Crippen molar-refractivity contribution in [1.82, 2.24) is 15.0 Å². The van der Waals surface area contributed by atoms with Gasteiger partial charge in [0.05, 0.1) is 7.11 Å². The van der Waals surface area contributed by atoms with Gasteiger partial charge >= 0.3 is 0 Å². The number of nitrogens with one attached hydrogen (secondary N) is 1. The van der Waals surface area contributed by atoms with E-state index in [2.05, 4.69) is 20.3 Å². The first-order chi connectivity index (χ1) is 11.7. The van der Waals surface area contributed by atoms with Crippen LogP contribution >= 0.6 is 0 Å². The first kappa shape index (κ1) is 15.5. The quantitative estimate of drug-likeness (QED) is 0.743. The fourth-order valence-electron chi connectivity index (χ4n) is 2.04. The lowest BCUT2D eigenvalue weighted by Gasteiger charge is -2.12. The van der Waals surface area contributed by atoms with Crippen LogP contribution < -0.4 is 20.5 Å². The number of hydrogen-bond donors (Lipinski definition) is 2. The minimum atomic E-state index is 0.270. The summed E-state index contributed by atoms with van der Waals surface area (Å²) in [5, 5.41) is 3.10. The fraction of sp³-hybridized carbons (Fsp3) is 0.118. The van der Waals surface area contributed by atoms with Crippen LogP contribution in [0.1, 0.15) is 5.56 Å². The lowest BCUT2D eigenvalue weighted by molar-refractivity contribution is 0.412. The van der Waals surface area contributed by atoms with Crippen LogP contribution in [0, 0.1) is 6.92 Å². The lowest BCUT2D eigenvalue weighted by Crippen LogP contribution is -2.04. The van der Waals surface area contributed by atoms with Gasteiger partial charge in [-0.2, -0.15) is 4.98 Å². The summed E-state index contributed by atoms with van der Waals surface area (Å²) in [7, 11) is 1.61. The van der Waals surface area contributed by atoms with Crippen molar-refractivity contribution in [2.24, 2.45) is 0 Å². The van der Waals surface area contributed by atoms with Crippen LogP contribution in [0.15, 0.2) is 48.9 Å². The van der Waals surface area contributed by atoms with E-state index in [0.29, 0.717) is 23.1 Å². The van der Waals surface area contributed by atoms with Gasteiger partial charge in [-0.05, 0) is 42.8 Å². The maximum atomic E-state index is 6.12. The summed E-state index contributed by atoms with van der Waals surface area (Å²) in [6.45, 7) is 1.95. The number of aryl methyl sites for hydroxylation is 1. The topological polar surface area (TPSA) is 95.2 Å². The maximum absolute atomic E-state index is 6.12. The highest BCUT2D eigenvalue weighted by Gasteiger charge is 2.12. The Morgan fingerprint density at radius 2 is 1.71 bits per heavy atom. The molecule has 24 heavy (non-hydrogen) atoms. The molecule has 1 aromatic carbocycles. The average molecular weight is 323 g/mol. The SMILES string of the molecule is COc1ccc(Oc2ncnc(Nc3ncccc3C)c2N)cc1. The van der Waals surface area contributed by atoms with Crippen molar-refractivity contribution < 1.29 is 9.47 Å². The number of anilines is 3. The molecule has 0 fully saturated rings. The molecule has 0 unspecified atom stereocenters. The molecule has 3 N–H and O–H groups in total. The number of nitrogen functional groups attached to an aromatic ring is 1. The van der Waals surface area contributed by atoms with Gasteiger partial charge < -0.3 is 20.5 Å². The molecule has 0 aliphatic carbocycles. The average Bonchev–Trinajstić information content (AvgIpc) is 2.61. The van der Waals surface area contributed by atoms with Gasteiger partial charge in [0, 0.05) is 6.20 Å². The minimum absolute atomic E-state index is 0.270. The van der Waals surface area contributed by atoms with Crippen molar-refractivity contribution in [2.45, 2.75) is 6.92 Å². The Kier molecular flexibility index (Phi) is 4.42. The summed E-state index contributed by atoms with van der Waals surface area (Å²) in [5.74, 6) is 2.73. The summed E-state index contributed by atoms with van der Waals surface area (Å²) >= 11 is 0. The minimum Gasteiger partial charge on any atom is -0.497 e. The molecule has 0 spiro atoms. The number of benzene rings is 1. The van der Waals surface area contributed by atoms with Crippen molar-refractivity contribution in [3.63, 3.8) is 0 Å². The van der Waals surface area contributed by atoms with Crippen LogP contribution in [0.5, 0.6) is 17.4 Å². The van der Waals surface area contributed by atoms with Crippen LogP contribution in [0.3, 0.4) is 0 Å². The molecule has 0 aliphatic heterocycles. The third-order valence-electron chi connectivity index (χ3n) is 3.37. The number of pyridine rings is 1. The van der Waals surface area contributed by atoms with Crippen LogP contribution in [-0.2, 0) is 0 Å². The Hall–Kier alpha value is -3.35. The second-order valence-corrected chi connectivity index (χ2v) is 5.01. The highest BCUT2D eigenvalue weighted by Crippen LogP contribution is 2.31. The Morgan fingerprint density at radius 3 is 2.42 bits per heavy atom. The molecular formula is C17H17N5O2. The molecule has 0 amide bonds. The summed E-state index contributed by atoms with van der Waals surface area (Å²) in [4.78, 5) is 12.5. The van der Waals surface area contributed by atoms with Gasteiger partial charge in [0.25, 0.3) is 0 Å². The molecule has 7 heteroatoms. The van der Waals surface area contributed by atoms with Gasteiger partial charge in [0.15, 0.2) is 5.82 Å². The number of hydrogen-bond acceptors (Lipinski definition) is 7. The Bertz CT molecular complexity index is 837. The maximum Gasteiger partial charge on any atom is 0.248 e. The zero-order valence-electron chi connectivity index (χ0n) is 13.4. The standard InChI is InChI=1S/C17H17N5O2/c1-11-4-3-9-19-15(11)22-16-14(18)17(21-10-20-16)24-13-7-5-12(23-2)6-8-13/h3-10H,18H2,1-2H3,(H,19,20,21,22). The van der Waals surface area contributed by atoms with Gasteiger partial charge in [-0.1, -0.05) is 6.07 Å². The van der Waals surface area contributed by atoms with E-state index in [1.807, 2.05) is 19.1 Å². The Labute approximate surface area is 139 Å². The van der Waals surface area contributed by atoms with Crippen LogP contribution in [0.4, 0.5) is 17.3 Å². The van der Waals surface area contributed by atoms with Gasteiger partial charge in [0.1, 0.15) is 29.3 Å². The monoisotopic (exact) mass is 323 g/mol. The molecule has 0 saturated heterocycles. The number of nitrogens with zero attached hydrogens (tertiary/aromatic N) is 3. The molecule has 2 heterocycles. The number of aromatic nitrogens is 3. The summed E-state index contributed by atoms with van der Waals surface area (Å²) in [5.41, 5.74) is 7.40. The van der Waals surface area contributed by atoms with Gasteiger partial charge in [0.2, 0.25) is 5.88 Å². The van der Waals surface area contributed by atoms with E-state index in [1.54, 1.807) is 37.6 Å². The smallest absolute Gasteiger partial charge is 0.248 e. The molecule has 3 rings (SSSR count). The molecule has 0 atom stereocenters. The van der Waals surface area contributed by atoms with Gasteiger partial charge in [-0.3, -0.25) is 0 Å². The summed E-state index contributed by atoms with van der Waals surface area (Å²) < 4.78 is 10.8. The number of ether oxygens (including phenoxy) is 2. The molecule has 2 aromatic heterocycles. The number of methoxy groups -OCH3 is 1. The van der Waals surface area contributed by atoms with E-state index in [9.17, 15) is 0 Å². The second-order valence-electron chi connectivity index (χ2n) is 5.01. The van der Waals surface area contributed by atoms with Gasteiger partial charge in [-0.25, -0.2) is 9.97 Å². The lowest BCUT2D eigenvalue weighted by atomic mass is 10.3. The highest BCUT2D eigenvalue weighted by atomic mass is 16.5. The molecule has 0 aliphatic rings. The Morgan fingerprint density at radius 1 is 0.958 bits per heavy atom. The predicted octanol–water partition coefficient (Wildman–Crippen LogP) is 3.31. The Balaban J connectivity index is 1.83. The molecule has 3 aromatic rings. The number of rotatable bonds is 5. The molecule has 0 radical (unpaired) electrons. The van der Waals surface area contributed by atoms with Crippen molar-refractivity contribution in [1.29, 1.82) is 0 Å². The first-order valence-electron chi connectivity index (χ1n) is 7.28. The molecular weight excluding hydrogens is 306 g/mol. The van der Waals surface area contributed by atoms with E-state index in [4.69, 9.17) is 15.2 Å². The van der Waals surface area contributed by atoms with Crippen molar-refractivity contribution in [2.75, 3.05) is 18.2 Å². The van der Waals surface area contributed by atoms with E-state index >= 15 is 0 Å². The van der Waals surface area contributed by atoms with Crippen LogP contribution in [-0.4, -0.2) is 22.1 Å². The predicted molar refractivity (Wildman–Crippen MR) is 91.8 cm³/mol. The molecule has 0 bridgehead atoms. The normalized spacial score (nSPS) is 10.2. The zero-order chi connectivity index (χ0) is 16.9. The molecule has 7 nitrogen and oxygen atoms in total. The van der Waals surface area contributed by atoms with Crippen LogP contribution in [0.2, 0.25) is 0 Å². The van der Waals surface area contributed by atoms with Crippen molar-refractivity contribution in [3.8, 4) is 17.4 Å². The summed E-state index contributed by atoms with van der Waals surface area (Å²) in [6.07, 6.45) is 3.08. The highest BCUT2D eigenvalue weighted by molar-refractivity contribution is 5.72. The largest absolute Gasteiger partial charge is 0.497 e. The van der Waals surface area contributed by atoms with E-state index in [0.717, 1.165) is 11.3 Å². The molecule has 122 valence electrons. The first-order valence-corrected chi connectivity index (χ1v) is 7.28. The number of nitrogens with two attached hydrogens (primary N) is 1. The zero-order valence-corrected chi connectivity index (χ0v) is 13.4. The fourth-order valence-corrected chi connectivity index (χ4v) is 2.04. The van der Waals surface area contributed by atoms with E-state index in [-0.39, 0.29) is 5.88 Å². The van der Waals surface area contributed by atoms with E-state index in [1.165, 1.54) is 6.33 Å².